The minimum Gasteiger partial charge on any atom is -0.481 e. The predicted molar refractivity (Wildman–Crippen MR) is 108 cm³/mol. The number of aliphatic hydroxyl groups is 2. The first-order chi connectivity index (χ1) is 12.7. The van der Waals surface area contributed by atoms with E-state index in [0.29, 0.717) is 18.3 Å². The van der Waals surface area contributed by atoms with E-state index in [2.05, 4.69) is 32.9 Å². The van der Waals surface area contributed by atoms with Crippen molar-refractivity contribution in [3.63, 3.8) is 0 Å². The van der Waals surface area contributed by atoms with Crippen LogP contribution in [0.3, 0.4) is 0 Å². The van der Waals surface area contributed by atoms with E-state index in [1.54, 1.807) is 0 Å². The number of rotatable bonds is 10. The van der Waals surface area contributed by atoms with Crippen molar-refractivity contribution in [3.8, 4) is 0 Å². The summed E-state index contributed by atoms with van der Waals surface area (Å²) >= 11 is 0. The summed E-state index contributed by atoms with van der Waals surface area (Å²) in [5, 5.41) is 29.8. The second-order valence-electron chi connectivity index (χ2n) is 9.28. The van der Waals surface area contributed by atoms with Gasteiger partial charge in [-0.1, -0.05) is 57.4 Å². The quantitative estimate of drug-likeness (QED) is 0.380. The molecule has 4 nitrogen and oxygen atoms in total. The van der Waals surface area contributed by atoms with Crippen LogP contribution in [0.25, 0.3) is 0 Å². The minimum absolute atomic E-state index is 0.122. The van der Waals surface area contributed by atoms with Crippen LogP contribution in [0, 0.1) is 23.2 Å². The number of aliphatic hydroxyl groups excluding tert-OH is 2. The largest absolute Gasteiger partial charge is 0.481 e. The molecule has 0 unspecified atom stereocenters. The van der Waals surface area contributed by atoms with E-state index < -0.39 is 12.1 Å². The van der Waals surface area contributed by atoms with E-state index in [0.717, 1.165) is 44.9 Å². The molecule has 0 heterocycles. The second kappa shape index (κ2) is 9.88. The Morgan fingerprint density at radius 3 is 2.70 bits per heavy atom. The zero-order valence-corrected chi connectivity index (χ0v) is 17.2. The summed E-state index contributed by atoms with van der Waals surface area (Å²) in [6, 6.07) is 0. The van der Waals surface area contributed by atoms with E-state index in [1.807, 2.05) is 6.08 Å². The maximum absolute atomic E-state index is 10.6. The number of carbonyl (C=O) groups is 1. The molecule has 2 fully saturated rings. The van der Waals surface area contributed by atoms with Gasteiger partial charge in [-0.3, -0.25) is 4.79 Å². The number of hydrogen-bond donors (Lipinski definition) is 3. The molecule has 0 radical (unpaired) electrons. The number of carboxylic acids is 1. The number of allylic oxidation sites excluding steroid dienone is 2. The van der Waals surface area contributed by atoms with Crippen LogP contribution in [0.1, 0.15) is 78.6 Å². The highest BCUT2D eigenvalue weighted by atomic mass is 16.4. The average molecular weight is 379 g/mol. The van der Waals surface area contributed by atoms with Gasteiger partial charge in [0.2, 0.25) is 0 Å². The number of unbranched alkanes of at least 4 members (excludes halogenated alkanes) is 2. The Hall–Kier alpha value is -1.13. The van der Waals surface area contributed by atoms with Gasteiger partial charge in [-0.05, 0) is 55.8 Å². The smallest absolute Gasteiger partial charge is 0.303 e. The second-order valence-corrected chi connectivity index (χ2v) is 9.28. The molecule has 154 valence electrons. The van der Waals surface area contributed by atoms with Crippen molar-refractivity contribution in [3.05, 3.63) is 23.8 Å². The Bertz CT molecular complexity index is 549. The van der Waals surface area contributed by atoms with Gasteiger partial charge in [0.1, 0.15) is 0 Å². The van der Waals surface area contributed by atoms with Crippen molar-refractivity contribution in [2.75, 3.05) is 0 Å². The van der Waals surface area contributed by atoms with E-state index in [-0.39, 0.29) is 23.9 Å². The van der Waals surface area contributed by atoms with Crippen LogP contribution in [0.2, 0.25) is 0 Å². The molecule has 0 aliphatic heterocycles. The summed E-state index contributed by atoms with van der Waals surface area (Å²) in [7, 11) is 0. The molecule has 3 N–H and O–H groups in total. The summed E-state index contributed by atoms with van der Waals surface area (Å²) in [4.78, 5) is 10.6. The Morgan fingerprint density at radius 2 is 2.04 bits per heavy atom. The molecule has 0 aromatic rings. The standard InChI is InChI=1S/C23H38O4/c1-4-5-12-23(2,3)21(25)11-10-18-19-14-16(8-6-7-9-22(26)27)13-17(19)15-20(18)24/h8,10-11,17-21,24-25H,4-7,9,12-15H2,1-3H3,(H,26,27)/t17-,18-,19+,20-,21+/m1/s1. The van der Waals surface area contributed by atoms with Crippen LogP contribution < -0.4 is 0 Å². The molecule has 5 atom stereocenters. The summed E-state index contributed by atoms with van der Waals surface area (Å²) in [6.45, 7) is 6.39. The summed E-state index contributed by atoms with van der Waals surface area (Å²) in [6.07, 6.45) is 13.3. The van der Waals surface area contributed by atoms with Crippen LogP contribution >= 0.6 is 0 Å². The normalized spacial score (nSPS) is 30.9. The third-order valence-electron chi connectivity index (χ3n) is 6.63. The lowest BCUT2D eigenvalue weighted by atomic mass is 9.80. The van der Waals surface area contributed by atoms with Gasteiger partial charge in [0.05, 0.1) is 12.2 Å². The molecule has 0 bridgehead atoms. The zero-order chi connectivity index (χ0) is 20.0. The molecule has 0 spiro atoms. The fraction of sp³-hybridized carbons (Fsp3) is 0.783. The van der Waals surface area contributed by atoms with E-state index in [4.69, 9.17) is 5.11 Å². The first kappa shape index (κ1) is 22.2. The molecule has 0 amide bonds. The summed E-state index contributed by atoms with van der Waals surface area (Å²) in [5.41, 5.74) is 1.28. The van der Waals surface area contributed by atoms with Gasteiger partial charge in [0.25, 0.3) is 0 Å². The number of hydrogen-bond acceptors (Lipinski definition) is 3. The molecule has 2 aliphatic rings. The van der Waals surface area contributed by atoms with Crippen LogP contribution in [-0.2, 0) is 4.79 Å². The molecule has 0 aromatic carbocycles. The van der Waals surface area contributed by atoms with E-state index in [1.165, 1.54) is 5.57 Å². The number of aliphatic carboxylic acids is 1. The molecule has 2 rings (SSSR count). The van der Waals surface area contributed by atoms with Gasteiger partial charge >= 0.3 is 5.97 Å². The van der Waals surface area contributed by atoms with Crippen molar-refractivity contribution >= 4 is 5.97 Å². The van der Waals surface area contributed by atoms with Crippen LogP contribution in [0.15, 0.2) is 23.8 Å². The highest BCUT2D eigenvalue weighted by Crippen LogP contribution is 2.50. The van der Waals surface area contributed by atoms with Gasteiger partial charge in [0, 0.05) is 12.3 Å². The van der Waals surface area contributed by atoms with E-state index >= 15 is 0 Å². The molecular formula is C23H38O4. The van der Waals surface area contributed by atoms with Crippen LogP contribution in [-0.4, -0.2) is 33.5 Å². The SMILES string of the molecule is CCCCC(C)(C)[C@@H](O)C=C[C@@H]1[C@H]2CC(=CCCCC(=O)O)C[C@@H]2C[C@H]1O. The zero-order valence-electron chi connectivity index (χ0n) is 17.2. The van der Waals surface area contributed by atoms with Crippen molar-refractivity contribution in [1.29, 1.82) is 0 Å². The van der Waals surface area contributed by atoms with Gasteiger partial charge < -0.3 is 15.3 Å². The topological polar surface area (TPSA) is 77.8 Å². The molecular weight excluding hydrogens is 340 g/mol. The predicted octanol–water partition coefficient (Wildman–Crippen LogP) is 4.71. The lowest BCUT2D eigenvalue weighted by Gasteiger charge is -2.29. The highest BCUT2D eigenvalue weighted by molar-refractivity contribution is 5.66. The van der Waals surface area contributed by atoms with Gasteiger partial charge in [0.15, 0.2) is 0 Å². The Balaban J connectivity index is 1.92. The van der Waals surface area contributed by atoms with Gasteiger partial charge in [-0.15, -0.1) is 0 Å². The van der Waals surface area contributed by atoms with Gasteiger partial charge in [-0.25, -0.2) is 0 Å². The monoisotopic (exact) mass is 378 g/mol. The Labute approximate surface area is 164 Å². The van der Waals surface area contributed by atoms with Crippen LogP contribution in [0.4, 0.5) is 0 Å². The molecule has 2 aliphatic carbocycles. The molecule has 0 saturated heterocycles. The minimum atomic E-state index is -0.731. The number of carboxylic acid groups (broad SMARTS) is 1. The van der Waals surface area contributed by atoms with Crippen molar-refractivity contribution in [2.45, 2.75) is 90.8 Å². The summed E-state index contributed by atoms with van der Waals surface area (Å²) < 4.78 is 0. The van der Waals surface area contributed by atoms with Crippen molar-refractivity contribution in [2.24, 2.45) is 23.2 Å². The molecule has 27 heavy (non-hydrogen) atoms. The molecule has 4 heteroatoms. The summed E-state index contributed by atoms with van der Waals surface area (Å²) in [5.74, 6) is 0.362. The first-order valence-corrected chi connectivity index (χ1v) is 10.7. The maximum atomic E-state index is 10.6. The third kappa shape index (κ3) is 6.18. The fourth-order valence-corrected chi connectivity index (χ4v) is 4.77. The Morgan fingerprint density at radius 1 is 1.30 bits per heavy atom. The molecule has 2 saturated carbocycles. The lowest BCUT2D eigenvalue weighted by molar-refractivity contribution is -0.137. The van der Waals surface area contributed by atoms with Crippen molar-refractivity contribution in [1.82, 2.24) is 0 Å². The van der Waals surface area contributed by atoms with E-state index in [9.17, 15) is 15.0 Å². The average Bonchev–Trinajstić information content (AvgIpc) is 3.11. The molecule has 0 aromatic heterocycles. The lowest BCUT2D eigenvalue weighted by Crippen LogP contribution is -2.28. The maximum Gasteiger partial charge on any atom is 0.303 e. The Kier molecular flexibility index (Phi) is 8.11. The third-order valence-corrected chi connectivity index (χ3v) is 6.63. The fourth-order valence-electron chi connectivity index (χ4n) is 4.77. The first-order valence-electron chi connectivity index (χ1n) is 10.7. The number of fused-ring (bicyclic) bond motifs is 1. The van der Waals surface area contributed by atoms with Gasteiger partial charge in [-0.2, -0.15) is 0 Å². The van der Waals surface area contributed by atoms with Crippen LogP contribution in [0.5, 0.6) is 0 Å². The van der Waals surface area contributed by atoms with Crippen molar-refractivity contribution < 1.29 is 20.1 Å². The highest BCUT2D eigenvalue weighted by Gasteiger charge is 2.45.